The van der Waals surface area contributed by atoms with Crippen molar-refractivity contribution >= 4 is 50.3 Å². The normalized spacial score (nSPS) is 11.0. The first kappa shape index (κ1) is 18.2. The second-order valence-electron chi connectivity index (χ2n) is 5.29. The van der Waals surface area contributed by atoms with Gasteiger partial charge >= 0.3 is 0 Å². The Labute approximate surface area is 160 Å². The highest BCUT2D eigenvalue weighted by atomic mass is 35.5. The smallest absolute Gasteiger partial charge is 0.250 e. The number of nitrogens with zero attached hydrogens (tertiary/aromatic N) is 1. The van der Waals surface area contributed by atoms with Gasteiger partial charge in [-0.1, -0.05) is 22.9 Å². The molecule has 0 spiro atoms. The van der Waals surface area contributed by atoms with Crippen molar-refractivity contribution in [3.05, 3.63) is 53.1 Å². The molecule has 1 heterocycles. The Kier molecular flexibility index (Phi) is 5.75. The molecule has 1 amide bonds. The summed E-state index contributed by atoms with van der Waals surface area (Å²) in [6.45, 7) is 2.54. The summed E-state index contributed by atoms with van der Waals surface area (Å²) in [6.07, 6.45) is 3.08. The third kappa shape index (κ3) is 4.33. The highest BCUT2D eigenvalue weighted by Crippen LogP contribution is 2.29. The molecule has 7 heteroatoms. The van der Waals surface area contributed by atoms with Crippen LogP contribution >= 0.6 is 22.9 Å². The molecule has 0 saturated carbocycles. The largest absolute Gasteiger partial charge is 0.496 e. The highest BCUT2D eigenvalue weighted by molar-refractivity contribution is 7.22. The maximum absolute atomic E-state index is 12.2. The van der Waals surface area contributed by atoms with E-state index in [1.165, 1.54) is 17.4 Å². The Bertz CT molecular complexity index is 969. The third-order valence-corrected chi connectivity index (χ3v) is 4.68. The minimum atomic E-state index is -0.281. The van der Waals surface area contributed by atoms with E-state index in [0.29, 0.717) is 22.5 Å². The van der Waals surface area contributed by atoms with E-state index >= 15 is 0 Å². The number of carbonyl (C=O) groups excluding carboxylic acids is 1. The highest BCUT2D eigenvalue weighted by Gasteiger charge is 2.08. The molecule has 0 radical (unpaired) electrons. The lowest BCUT2D eigenvalue weighted by atomic mass is 10.2. The van der Waals surface area contributed by atoms with Crippen molar-refractivity contribution in [2.45, 2.75) is 6.92 Å². The number of amides is 1. The van der Waals surface area contributed by atoms with Crippen molar-refractivity contribution < 1.29 is 14.3 Å². The molecule has 0 atom stereocenters. The molecule has 2 aromatic carbocycles. The predicted molar refractivity (Wildman–Crippen MR) is 106 cm³/mol. The minimum absolute atomic E-state index is 0.281. The van der Waals surface area contributed by atoms with Gasteiger partial charge in [-0.05, 0) is 49.4 Å². The lowest BCUT2D eigenvalue weighted by molar-refractivity contribution is -0.111. The number of hydrogen-bond donors (Lipinski definition) is 1. The lowest BCUT2D eigenvalue weighted by Gasteiger charge is -2.04. The fourth-order valence-corrected chi connectivity index (χ4v) is 3.44. The first-order valence-electron chi connectivity index (χ1n) is 7.95. The number of hydrogen-bond acceptors (Lipinski definition) is 5. The van der Waals surface area contributed by atoms with Crippen molar-refractivity contribution in [2.24, 2.45) is 0 Å². The van der Waals surface area contributed by atoms with Crippen LogP contribution in [-0.4, -0.2) is 24.6 Å². The van der Waals surface area contributed by atoms with Crippen LogP contribution in [0.2, 0.25) is 5.02 Å². The molecule has 26 heavy (non-hydrogen) atoms. The summed E-state index contributed by atoms with van der Waals surface area (Å²) >= 11 is 7.39. The van der Waals surface area contributed by atoms with E-state index in [4.69, 9.17) is 21.1 Å². The van der Waals surface area contributed by atoms with E-state index in [1.807, 2.05) is 25.1 Å². The van der Waals surface area contributed by atoms with Gasteiger partial charge in [0.05, 0.1) is 23.9 Å². The molecule has 0 saturated heterocycles. The predicted octanol–water partition coefficient (Wildman–Crippen LogP) is 5.01. The molecule has 0 fully saturated rings. The van der Waals surface area contributed by atoms with Crippen LogP contribution in [0.25, 0.3) is 16.3 Å². The van der Waals surface area contributed by atoms with Crippen molar-refractivity contribution in [3.63, 3.8) is 0 Å². The number of fused-ring (bicyclic) bond motifs is 1. The van der Waals surface area contributed by atoms with E-state index in [-0.39, 0.29) is 5.91 Å². The molecule has 5 nitrogen and oxygen atoms in total. The second-order valence-corrected chi connectivity index (χ2v) is 6.76. The van der Waals surface area contributed by atoms with E-state index in [0.717, 1.165) is 21.5 Å². The number of ether oxygens (including phenoxy) is 2. The van der Waals surface area contributed by atoms with E-state index in [2.05, 4.69) is 10.3 Å². The van der Waals surface area contributed by atoms with Gasteiger partial charge in [0.25, 0.3) is 0 Å². The summed E-state index contributed by atoms with van der Waals surface area (Å²) in [7, 11) is 1.57. The Balaban J connectivity index is 1.73. The summed E-state index contributed by atoms with van der Waals surface area (Å²) in [6, 6.07) is 10.9. The molecule has 3 aromatic rings. The van der Waals surface area contributed by atoms with Crippen LogP contribution in [-0.2, 0) is 4.79 Å². The molecule has 134 valence electrons. The number of nitrogens with one attached hydrogen (secondary N) is 1. The summed E-state index contributed by atoms with van der Waals surface area (Å²) in [4.78, 5) is 16.6. The molecule has 0 aliphatic carbocycles. The number of methoxy groups -OCH3 is 1. The molecular weight excluding hydrogens is 372 g/mol. The third-order valence-electron chi connectivity index (χ3n) is 3.51. The molecule has 0 aliphatic rings. The number of rotatable bonds is 6. The van der Waals surface area contributed by atoms with E-state index in [9.17, 15) is 4.79 Å². The van der Waals surface area contributed by atoms with Crippen molar-refractivity contribution in [1.29, 1.82) is 0 Å². The number of aromatic nitrogens is 1. The molecule has 1 N–H and O–H groups in total. The van der Waals surface area contributed by atoms with Gasteiger partial charge in [-0.2, -0.15) is 0 Å². The van der Waals surface area contributed by atoms with Gasteiger partial charge in [-0.25, -0.2) is 4.98 Å². The summed E-state index contributed by atoms with van der Waals surface area (Å²) in [5.41, 5.74) is 1.54. The number of anilines is 1. The van der Waals surface area contributed by atoms with Crippen LogP contribution < -0.4 is 14.8 Å². The number of halogens is 1. The van der Waals surface area contributed by atoms with Crippen LogP contribution in [0.1, 0.15) is 12.5 Å². The first-order chi connectivity index (χ1) is 12.6. The van der Waals surface area contributed by atoms with Crippen molar-refractivity contribution in [1.82, 2.24) is 4.98 Å². The number of thiazole rings is 1. The zero-order valence-corrected chi connectivity index (χ0v) is 15.9. The topological polar surface area (TPSA) is 60.5 Å². The van der Waals surface area contributed by atoms with Gasteiger partial charge in [0.2, 0.25) is 5.91 Å². The van der Waals surface area contributed by atoms with E-state index < -0.39 is 0 Å². The lowest BCUT2D eigenvalue weighted by Crippen LogP contribution is -2.07. The quantitative estimate of drug-likeness (QED) is 0.603. The summed E-state index contributed by atoms with van der Waals surface area (Å²) in [5, 5.41) is 3.87. The second kappa shape index (κ2) is 8.21. The number of carbonyl (C=O) groups is 1. The minimum Gasteiger partial charge on any atom is -0.496 e. The average molecular weight is 389 g/mol. The molecular formula is C19H17ClN2O3S. The summed E-state index contributed by atoms with van der Waals surface area (Å²) in [5.74, 6) is 1.15. The van der Waals surface area contributed by atoms with Gasteiger partial charge in [0.15, 0.2) is 5.13 Å². The van der Waals surface area contributed by atoms with Crippen LogP contribution in [0.3, 0.4) is 0 Å². The Hall–Kier alpha value is -2.57. The maximum Gasteiger partial charge on any atom is 0.250 e. The zero-order chi connectivity index (χ0) is 18.5. The summed E-state index contributed by atoms with van der Waals surface area (Å²) < 4.78 is 11.7. The first-order valence-corrected chi connectivity index (χ1v) is 9.14. The molecule has 0 aliphatic heterocycles. The van der Waals surface area contributed by atoms with Gasteiger partial charge < -0.3 is 9.47 Å². The SMILES string of the molecule is CCOc1ccc2nc(NC(=O)/C=C/c3cc(Cl)ccc3OC)sc2c1. The fourth-order valence-electron chi connectivity index (χ4n) is 2.36. The number of benzene rings is 2. The van der Waals surface area contributed by atoms with Gasteiger partial charge in [-0.15, -0.1) is 0 Å². The fraction of sp³-hybridized carbons (Fsp3) is 0.158. The standard InChI is InChI=1S/C19H17ClN2O3S/c1-3-25-14-6-7-15-17(11-14)26-19(21-15)22-18(23)9-4-12-10-13(20)5-8-16(12)24-2/h4-11H,3H2,1-2H3,(H,21,22,23)/b9-4+. The van der Waals surface area contributed by atoms with Crippen molar-refractivity contribution in [3.8, 4) is 11.5 Å². The van der Waals surface area contributed by atoms with Gasteiger partial charge in [0.1, 0.15) is 11.5 Å². The average Bonchev–Trinajstić information content (AvgIpc) is 3.01. The Morgan fingerprint density at radius 1 is 1.31 bits per heavy atom. The molecule has 0 bridgehead atoms. The monoisotopic (exact) mass is 388 g/mol. The molecule has 1 aromatic heterocycles. The Morgan fingerprint density at radius 3 is 2.92 bits per heavy atom. The molecule has 3 rings (SSSR count). The van der Waals surface area contributed by atoms with Gasteiger partial charge in [0, 0.05) is 16.7 Å². The maximum atomic E-state index is 12.2. The van der Waals surface area contributed by atoms with E-state index in [1.54, 1.807) is 31.4 Å². The van der Waals surface area contributed by atoms with Crippen LogP contribution in [0.5, 0.6) is 11.5 Å². The van der Waals surface area contributed by atoms with Crippen LogP contribution in [0.15, 0.2) is 42.5 Å². The zero-order valence-electron chi connectivity index (χ0n) is 14.3. The Morgan fingerprint density at radius 2 is 2.15 bits per heavy atom. The van der Waals surface area contributed by atoms with Crippen LogP contribution in [0, 0.1) is 0 Å². The van der Waals surface area contributed by atoms with Crippen LogP contribution in [0.4, 0.5) is 5.13 Å². The molecule has 0 unspecified atom stereocenters. The van der Waals surface area contributed by atoms with Gasteiger partial charge in [-0.3, -0.25) is 10.1 Å². The van der Waals surface area contributed by atoms with Crippen molar-refractivity contribution in [2.75, 3.05) is 19.0 Å².